The molecule has 132 valence electrons. The molecule has 0 aliphatic rings. The fourth-order valence-electron chi connectivity index (χ4n) is 1.61. The van der Waals surface area contributed by atoms with Crippen LogP contribution in [0.1, 0.15) is 5.76 Å². The molecule has 1 amide bonds. The molecule has 13 heteroatoms. The minimum Gasteiger partial charge on any atom is -0.742 e. The molecule has 26 heavy (non-hydrogen) atoms. The summed E-state index contributed by atoms with van der Waals surface area (Å²) in [6.45, 7) is -0.541. The number of hydrogen-bond donors (Lipinski definition) is 1. The van der Waals surface area contributed by atoms with E-state index in [1.54, 1.807) is 0 Å². The van der Waals surface area contributed by atoms with E-state index in [-0.39, 0.29) is 46.8 Å². The number of carbonyl (C=O) groups is 1. The molecule has 0 bridgehead atoms. The number of nitro groups is 1. The predicted octanol–water partition coefficient (Wildman–Crippen LogP) is -2.37. The Balaban J connectivity index is 0.00000338. The van der Waals surface area contributed by atoms with E-state index in [0.717, 1.165) is 12.3 Å². The van der Waals surface area contributed by atoms with Gasteiger partial charge < -0.3 is 13.7 Å². The first kappa shape index (κ1) is 21.8. The zero-order valence-electron chi connectivity index (χ0n) is 13.3. The second-order valence-corrected chi connectivity index (χ2v) is 5.73. The first-order valence-electron chi connectivity index (χ1n) is 6.51. The maximum absolute atomic E-state index is 11.6. The molecular formula is C13H10N3NaO8S. The van der Waals surface area contributed by atoms with Crippen LogP contribution >= 0.6 is 0 Å². The van der Waals surface area contributed by atoms with Gasteiger partial charge in [0.1, 0.15) is 5.76 Å². The van der Waals surface area contributed by atoms with E-state index < -0.39 is 32.6 Å². The van der Waals surface area contributed by atoms with Crippen LogP contribution in [0.5, 0.6) is 5.75 Å². The van der Waals surface area contributed by atoms with Crippen LogP contribution in [0.4, 0.5) is 5.69 Å². The number of nitrogens with one attached hydrogen (secondary N) is 1. The largest absolute Gasteiger partial charge is 1.00 e. The molecule has 0 spiro atoms. The second-order valence-electron chi connectivity index (χ2n) is 4.42. The molecule has 1 N–H and O–H groups in total. The Morgan fingerprint density at radius 3 is 2.62 bits per heavy atom. The molecule has 0 radical (unpaired) electrons. The predicted molar refractivity (Wildman–Crippen MR) is 81.0 cm³/mol. The van der Waals surface area contributed by atoms with Crippen molar-refractivity contribution in [1.82, 2.24) is 5.43 Å². The summed E-state index contributed by atoms with van der Waals surface area (Å²) >= 11 is 0. The fourth-order valence-corrected chi connectivity index (χ4v) is 2.04. The normalized spacial score (nSPS) is 11.0. The summed E-state index contributed by atoms with van der Waals surface area (Å²) in [5.74, 6) is -0.880. The molecule has 0 fully saturated rings. The average molecular weight is 391 g/mol. The molecule has 0 unspecified atom stereocenters. The van der Waals surface area contributed by atoms with Crippen molar-refractivity contribution in [3.63, 3.8) is 0 Å². The molecule has 1 heterocycles. The van der Waals surface area contributed by atoms with Gasteiger partial charge in [0.25, 0.3) is 5.91 Å². The second kappa shape index (κ2) is 9.45. The monoisotopic (exact) mass is 391 g/mol. The van der Waals surface area contributed by atoms with Crippen molar-refractivity contribution in [3.8, 4) is 5.75 Å². The van der Waals surface area contributed by atoms with Gasteiger partial charge in [-0.2, -0.15) is 5.10 Å². The average Bonchev–Trinajstić information content (AvgIpc) is 3.02. The summed E-state index contributed by atoms with van der Waals surface area (Å²) in [5.41, 5.74) is 1.76. The summed E-state index contributed by atoms with van der Waals surface area (Å²) in [4.78, 5) is 21.7. The van der Waals surface area contributed by atoms with Crippen molar-refractivity contribution < 1.29 is 61.4 Å². The molecule has 0 aliphatic heterocycles. The van der Waals surface area contributed by atoms with Gasteiger partial charge in [-0.25, -0.2) is 13.8 Å². The molecule has 11 nitrogen and oxygen atoms in total. The number of nitrogens with zero attached hydrogens (tertiary/aromatic N) is 2. The number of para-hydroxylation sites is 2. The first-order chi connectivity index (χ1) is 11.8. The van der Waals surface area contributed by atoms with Crippen LogP contribution < -0.4 is 39.7 Å². The summed E-state index contributed by atoms with van der Waals surface area (Å²) in [7, 11) is -4.71. The number of rotatable bonds is 7. The number of benzene rings is 1. The van der Waals surface area contributed by atoms with E-state index in [1.165, 1.54) is 30.3 Å². The van der Waals surface area contributed by atoms with Crippen LogP contribution in [0.2, 0.25) is 0 Å². The number of nitro benzene ring substituents is 1. The van der Waals surface area contributed by atoms with Gasteiger partial charge in [-0.05, 0) is 18.2 Å². The quantitative estimate of drug-likeness (QED) is 0.180. The zero-order chi connectivity index (χ0) is 18.4. The van der Waals surface area contributed by atoms with E-state index in [1.807, 2.05) is 5.43 Å². The van der Waals surface area contributed by atoms with E-state index in [4.69, 9.17) is 9.15 Å². The molecule has 1 aromatic carbocycles. The van der Waals surface area contributed by atoms with Gasteiger partial charge in [0.05, 0.1) is 11.1 Å². The number of hydrazone groups is 1. The number of furan rings is 1. The van der Waals surface area contributed by atoms with E-state index >= 15 is 0 Å². The van der Waals surface area contributed by atoms with Crippen LogP contribution in [-0.4, -0.2) is 36.6 Å². The number of carbonyl (C=O) groups excluding carboxylic acids is 1. The van der Waals surface area contributed by atoms with Crippen LogP contribution in [0.3, 0.4) is 0 Å². The van der Waals surface area contributed by atoms with Crippen LogP contribution in [0, 0.1) is 10.1 Å². The van der Waals surface area contributed by atoms with Gasteiger partial charge in [0.15, 0.2) is 22.5 Å². The molecule has 0 atom stereocenters. The van der Waals surface area contributed by atoms with Crippen molar-refractivity contribution >= 4 is 27.9 Å². The molecule has 1 aromatic heterocycles. The van der Waals surface area contributed by atoms with Crippen LogP contribution in [0.15, 0.2) is 51.0 Å². The smallest absolute Gasteiger partial charge is 0.742 e. The van der Waals surface area contributed by atoms with Gasteiger partial charge in [0.2, 0.25) is 5.09 Å². The Hall–Kier alpha value is -2.25. The van der Waals surface area contributed by atoms with Gasteiger partial charge in [-0.1, -0.05) is 12.1 Å². The van der Waals surface area contributed by atoms with E-state index in [2.05, 4.69) is 5.10 Å². The number of ether oxygens (including phenoxy) is 1. The summed E-state index contributed by atoms with van der Waals surface area (Å²) < 4.78 is 41.8. The van der Waals surface area contributed by atoms with E-state index in [9.17, 15) is 27.9 Å². The van der Waals surface area contributed by atoms with Crippen LogP contribution in [0.25, 0.3) is 0 Å². The summed E-state index contributed by atoms with van der Waals surface area (Å²) in [6, 6.07) is 7.64. The molecule has 2 aromatic rings. The third-order valence-electron chi connectivity index (χ3n) is 2.65. The molecule has 2 rings (SSSR count). The third kappa shape index (κ3) is 6.24. The van der Waals surface area contributed by atoms with Crippen molar-refractivity contribution in [2.45, 2.75) is 5.09 Å². The van der Waals surface area contributed by atoms with Crippen molar-refractivity contribution in [1.29, 1.82) is 0 Å². The van der Waals surface area contributed by atoms with Crippen molar-refractivity contribution in [3.05, 3.63) is 52.3 Å². The van der Waals surface area contributed by atoms with Crippen LogP contribution in [-0.2, 0) is 14.9 Å². The van der Waals surface area contributed by atoms with Gasteiger partial charge in [-0.3, -0.25) is 14.9 Å². The minimum atomic E-state index is -4.71. The summed E-state index contributed by atoms with van der Waals surface area (Å²) in [6.07, 6.45) is 0.970. The molecule has 0 aliphatic carbocycles. The van der Waals surface area contributed by atoms with Crippen molar-refractivity contribution in [2.75, 3.05) is 6.61 Å². The van der Waals surface area contributed by atoms with E-state index in [0.29, 0.717) is 0 Å². The Labute approximate surface area is 169 Å². The molecular weight excluding hydrogens is 381 g/mol. The third-order valence-corrected chi connectivity index (χ3v) is 3.36. The Kier molecular flexibility index (Phi) is 7.92. The maximum atomic E-state index is 11.6. The van der Waals surface area contributed by atoms with Gasteiger partial charge in [0, 0.05) is 6.07 Å². The number of amides is 1. The first-order valence-corrected chi connectivity index (χ1v) is 7.92. The SMILES string of the molecule is O=C(COc1ccccc1[N+](=O)[O-])NN=Cc1ccc(S(=O)(=O)[O-])o1.[Na+]. The fraction of sp³-hybridized carbons (Fsp3) is 0.0769. The Morgan fingerprint density at radius 2 is 2.00 bits per heavy atom. The molecule has 0 saturated carbocycles. The summed E-state index contributed by atoms with van der Waals surface area (Å²) in [5, 5.41) is 13.5. The van der Waals surface area contributed by atoms with Gasteiger partial charge in [-0.15, -0.1) is 0 Å². The molecule has 0 saturated heterocycles. The Bertz CT molecular complexity index is 925. The standard InChI is InChI=1S/C13H11N3O8S.Na/c17-12(8-23-11-4-2-1-3-10(11)16(18)19)15-14-7-9-5-6-13(24-9)25(20,21)22;/h1-7H,8H2,(H,15,17)(H,20,21,22);/q;+1/p-1. The topological polar surface area (TPSA) is 164 Å². The zero-order valence-corrected chi connectivity index (χ0v) is 16.1. The maximum Gasteiger partial charge on any atom is 1.00 e. The number of hydrogen-bond acceptors (Lipinski definition) is 9. The minimum absolute atomic E-state index is 0. The van der Waals surface area contributed by atoms with Crippen molar-refractivity contribution in [2.24, 2.45) is 5.10 Å². The van der Waals surface area contributed by atoms with Gasteiger partial charge >= 0.3 is 35.2 Å². The Morgan fingerprint density at radius 1 is 1.31 bits per heavy atom.